The molecular formula is C43H43N2O10P. The molecule has 3 atom stereocenters. The quantitative estimate of drug-likeness (QED) is 0.0446. The zero-order chi connectivity index (χ0) is 39.4. The number of ether oxygens (including phenoxy) is 3. The molecule has 0 radical (unpaired) electrons. The fraction of sp³-hybridized carbons (Fsp3) is 0.209. The van der Waals surface area contributed by atoms with Crippen molar-refractivity contribution in [1.29, 1.82) is 0 Å². The molecule has 0 heterocycles. The van der Waals surface area contributed by atoms with Crippen LogP contribution in [0.4, 0.5) is 0 Å². The third kappa shape index (κ3) is 14.1. The largest absolute Gasteiger partial charge is 0.461 e. The maximum absolute atomic E-state index is 14.6. The zero-order valence-corrected chi connectivity index (χ0v) is 31.5. The van der Waals surface area contributed by atoms with Crippen molar-refractivity contribution >= 4 is 31.6 Å². The van der Waals surface area contributed by atoms with E-state index in [-0.39, 0.29) is 44.8 Å². The first-order chi connectivity index (χ1) is 27.3. The van der Waals surface area contributed by atoms with Crippen LogP contribution in [0.3, 0.4) is 0 Å². The Kier molecular flexibility index (Phi) is 16.1. The Balaban J connectivity index is 1.35. The Labute approximate surface area is 325 Å². The molecule has 5 aromatic rings. The van der Waals surface area contributed by atoms with Crippen molar-refractivity contribution in [1.82, 2.24) is 10.4 Å². The number of carbonyl (C=O) groups is 4. The van der Waals surface area contributed by atoms with E-state index >= 15 is 0 Å². The molecule has 0 aliphatic heterocycles. The van der Waals surface area contributed by atoms with Crippen molar-refractivity contribution in [2.45, 2.75) is 51.4 Å². The van der Waals surface area contributed by atoms with Crippen molar-refractivity contribution in [3.8, 4) is 0 Å². The van der Waals surface area contributed by atoms with E-state index in [9.17, 15) is 23.7 Å². The lowest BCUT2D eigenvalue weighted by atomic mass is 10.1. The van der Waals surface area contributed by atoms with Gasteiger partial charge >= 0.3 is 25.7 Å². The van der Waals surface area contributed by atoms with Gasteiger partial charge in [0.05, 0.1) is 13.2 Å². The number of carbonyl (C=O) groups excluding carboxylic acids is 4. The number of hydrogen-bond acceptors (Lipinski definition) is 10. The summed E-state index contributed by atoms with van der Waals surface area (Å²) in [5.74, 6) is -2.93. The first-order valence-corrected chi connectivity index (χ1v) is 19.5. The average Bonchev–Trinajstić information content (AvgIpc) is 3.25. The molecule has 0 fully saturated rings. The summed E-state index contributed by atoms with van der Waals surface area (Å²) in [6.45, 7) is -1.10. The summed E-state index contributed by atoms with van der Waals surface area (Å²) >= 11 is 0. The fourth-order valence-corrected chi connectivity index (χ4v) is 6.68. The molecule has 3 unspecified atom stereocenters. The van der Waals surface area contributed by atoms with Crippen molar-refractivity contribution in [3.05, 3.63) is 179 Å². The maximum atomic E-state index is 14.6. The van der Waals surface area contributed by atoms with Gasteiger partial charge < -0.3 is 19.5 Å². The van der Waals surface area contributed by atoms with Crippen molar-refractivity contribution < 1.29 is 47.0 Å². The van der Waals surface area contributed by atoms with Crippen LogP contribution in [0.1, 0.15) is 45.5 Å². The summed E-state index contributed by atoms with van der Waals surface area (Å²) in [7, 11) is -4.56. The van der Waals surface area contributed by atoms with E-state index in [0.717, 1.165) is 5.56 Å². The third-order valence-corrected chi connectivity index (χ3v) is 9.79. The lowest BCUT2D eigenvalue weighted by Gasteiger charge is -2.26. The summed E-state index contributed by atoms with van der Waals surface area (Å²) in [4.78, 5) is 53.2. The van der Waals surface area contributed by atoms with Crippen LogP contribution in [0.15, 0.2) is 152 Å². The lowest BCUT2D eigenvalue weighted by Crippen LogP contribution is -2.45. The van der Waals surface area contributed by atoms with Crippen molar-refractivity contribution in [3.63, 3.8) is 0 Å². The average molecular weight is 779 g/mol. The van der Waals surface area contributed by atoms with E-state index in [0.29, 0.717) is 16.7 Å². The molecule has 2 N–H and O–H groups in total. The van der Waals surface area contributed by atoms with Crippen LogP contribution in [0.5, 0.6) is 0 Å². The molecule has 12 nitrogen and oxygen atoms in total. The van der Waals surface area contributed by atoms with Crippen molar-refractivity contribution in [2.75, 3.05) is 6.61 Å². The molecule has 0 aliphatic carbocycles. The van der Waals surface area contributed by atoms with Gasteiger partial charge in [0.25, 0.3) is 5.91 Å². The van der Waals surface area contributed by atoms with Crippen LogP contribution in [-0.4, -0.2) is 42.5 Å². The molecule has 0 spiro atoms. The van der Waals surface area contributed by atoms with E-state index in [1.165, 1.54) is 0 Å². The Morgan fingerprint density at radius 3 is 1.39 bits per heavy atom. The molecule has 5 rings (SSSR count). The summed E-state index contributed by atoms with van der Waals surface area (Å²) in [5.41, 5.74) is 3.07. The van der Waals surface area contributed by atoms with Crippen LogP contribution in [0.25, 0.3) is 0 Å². The molecule has 0 aliphatic rings. The van der Waals surface area contributed by atoms with E-state index in [4.69, 9.17) is 23.3 Å². The Morgan fingerprint density at radius 1 is 0.500 bits per heavy atom. The lowest BCUT2D eigenvalue weighted by molar-refractivity contribution is -0.150. The second-order valence-corrected chi connectivity index (χ2v) is 14.3. The van der Waals surface area contributed by atoms with Crippen molar-refractivity contribution in [2.24, 2.45) is 0 Å². The van der Waals surface area contributed by atoms with Gasteiger partial charge in [0.15, 0.2) is 6.04 Å². The van der Waals surface area contributed by atoms with Crippen LogP contribution in [0, 0.1) is 0 Å². The number of rotatable bonds is 21. The van der Waals surface area contributed by atoms with Gasteiger partial charge in [-0.25, -0.2) is 14.4 Å². The second kappa shape index (κ2) is 21.8. The maximum Gasteiger partial charge on any atom is 0.406 e. The predicted molar refractivity (Wildman–Crippen MR) is 207 cm³/mol. The standard InChI is InChI=1S/C43H43N2O10P/c46-40(51-28-33-16-6-1-7-17-33)27-26-38(42(48)52-29-34-18-8-2-9-19-34)45-56(50,54-31-36-22-12-4-13-23-36)55-32-39(44-41(47)37-24-14-5-15-25-37)43(49)53-30-35-20-10-3-11-21-35/h1-25,38-39H,26-32H2,(H,44,47)(H,45,50). The minimum absolute atomic E-state index is 0.0223. The van der Waals surface area contributed by atoms with Gasteiger partial charge in [0.2, 0.25) is 0 Å². The number of amides is 1. The smallest absolute Gasteiger partial charge is 0.406 e. The van der Waals surface area contributed by atoms with Crippen LogP contribution < -0.4 is 10.4 Å². The third-order valence-electron chi connectivity index (χ3n) is 8.21. The molecular weight excluding hydrogens is 735 g/mol. The molecule has 13 heteroatoms. The van der Waals surface area contributed by atoms with Crippen LogP contribution in [-0.2, 0) is 68.6 Å². The summed E-state index contributed by atoms with van der Waals surface area (Å²) < 4.78 is 42.9. The van der Waals surface area contributed by atoms with E-state index in [2.05, 4.69) is 10.4 Å². The fourth-order valence-electron chi connectivity index (χ4n) is 5.17. The topological polar surface area (TPSA) is 156 Å². The Bertz CT molecular complexity index is 2020. The highest BCUT2D eigenvalue weighted by Gasteiger charge is 2.36. The highest BCUT2D eigenvalue weighted by Crippen LogP contribution is 2.46. The highest BCUT2D eigenvalue weighted by molar-refractivity contribution is 7.51. The Morgan fingerprint density at radius 2 is 0.911 bits per heavy atom. The van der Waals surface area contributed by atoms with Gasteiger partial charge in [0, 0.05) is 12.0 Å². The predicted octanol–water partition coefficient (Wildman–Crippen LogP) is 7.10. The molecule has 5 aromatic carbocycles. The normalized spacial score (nSPS) is 13.0. The molecule has 0 saturated heterocycles. The molecule has 0 aromatic heterocycles. The summed E-state index contributed by atoms with van der Waals surface area (Å²) in [5, 5.41) is 5.27. The van der Waals surface area contributed by atoms with Gasteiger partial charge in [-0.15, -0.1) is 0 Å². The van der Waals surface area contributed by atoms with Gasteiger partial charge in [-0.3, -0.25) is 23.4 Å². The van der Waals surface area contributed by atoms with Gasteiger partial charge in [0.1, 0.15) is 25.9 Å². The number of hydrogen-bond donors (Lipinski definition) is 2. The first kappa shape index (κ1) is 41.3. The van der Waals surface area contributed by atoms with E-state index in [1.807, 2.05) is 42.5 Å². The zero-order valence-electron chi connectivity index (χ0n) is 30.6. The van der Waals surface area contributed by atoms with Gasteiger partial charge in [-0.05, 0) is 40.8 Å². The molecule has 56 heavy (non-hydrogen) atoms. The molecule has 1 amide bonds. The number of nitrogens with one attached hydrogen (secondary N) is 2. The minimum atomic E-state index is -4.56. The SMILES string of the molecule is O=C(CCC(NP(=O)(OCc1ccccc1)OCC(NC(=O)c1ccccc1)C(=O)OCc1ccccc1)C(=O)OCc1ccccc1)OCc1ccccc1. The van der Waals surface area contributed by atoms with Crippen LogP contribution in [0.2, 0.25) is 0 Å². The van der Waals surface area contributed by atoms with E-state index in [1.54, 1.807) is 109 Å². The molecule has 290 valence electrons. The Hall–Kier alpha value is -5.91. The number of esters is 3. The van der Waals surface area contributed by atoms with Gasteiger partial charge in [-0.1, -0.05) is 140 Å². The second-order valence-electron chi connectivity index (χ2n) is 12.5. The monoisotopic (exact) mass is 778 g/mol. The first-order valence-electron chi connectivity index (χ1n) is 17.9. The van der Waals surface area contributed by atoms with E-state index < -0.39 is 50.3 Å². The minimum Gasteiger partial charge on any atom is -0.461 e. The number of benzene rings is 5. The summed E-state index contributed by atoms with van der Waals surface area (Å²) in [6, 6.07) is 41.1. The molecule has 0 bridgehead atoms. The summed E-state index contributed by atoms with van der Waals surface area (Å²) in [6.07, 6.45) is -0.470. The highest BCUT2D eigenvalue weighted by atomic mass is 31.2. The van der Waals surface area contributed by atoms with Gasteiger partial charge in [-0.2, -0.15) is 0 Å². The van der Waals surface area contributed by atoms with Crippen LogP contribution >= 0.6 is 7.75 Å². The molecule has 0 saturated carbocycles.